The van der Waals surface area contributed by atoms with Gasteiger partial charge in [0, 0.05) is 45.1 Å². The van der Waals surface area contributed by atoms with E-state index in [0.29, 0.717) is 6.73 Å². The van der Waals surface area contributed by atoms with E-state index >= 15 is 0 Å². The summed E-state index contributed by atoms with van der Waals surface area (Å²) in [5.41, 5.74) is 2.19. The van der Waals surface area contributed by atoms with Gasteiger partial charge < -0.3 is 19.4 Å². The van der Waals surface area contributed by atoms with Gasteiger partial charge in [0.1, 0.15) is 12.4 Å². The number of methoxy groups -OCH3 is 2. The highest BCUT2D eigenvalue weighted by atomic mass is 16.5. The molecule has 2 rings (SSSR count). The van der Waals surface area contributed by atoms with Crippen molar-refractivity contribution in [3.8, 4) is 0 Å². The summed E-state index contributed by atoms with van der Waals surface area (Å²) >= 11 is 0. The first-order valence-corrected chi connectivity index (χ1v) is 5.98. The zero-order valence-electron chi connectivity index (χ0n) is 10.8. The zero-order chi connectivity index (χ0) is 12.8. The SMILES string of the molecule is COCCNCc1cn(COC)c2ncccc12. The number of hydrogen-bond donors (Lipinski definition) is 1. The predicted molar refractivity (Wildman–Crippen MR) is 70.3 cm³/mol. The molecule has 5 nitrogen and oxygen atoms in total. The Kier molecular flexibility index (Phi) is 4.69. The van der Waals surface area contributed by atoms with Gasteiger partial charge in [-0.15, -0.1) is 0 Å². The number of ether oxygens (including phenoxy) is 2. The summed E-state index contributed by atoms with van der Waals surface area (Å²) < 4.78 is 12.2. The average molecular weight is 249 g/mol. The first kappa shape index (κ1) is 13.0. The van der Waals surface area contributed by atoms with Gasteiger partial charge in [-0.05, 0) is 17.7 Å². The molecule has 0 atom stereocenters. The van der Waals surface area contributed by atoms with Crippen LogP contribution in [0.2, 0.25) is 0 Å². The lowest BCUT2D eigenvalue weighted by Gasteiger charge is -2.02. The van der Waals surface area contributed by atoms with Crippen LogP contribution in [0.15, 0.2) is 24.5 Å². The molecular formula is C13H19N3O2. The Labute approximate surface area is 107 Å². The van der Waals surface area contributed by atoms with E-state index < -0.39 is 0 Å². The van der Waals surface area contributed by atoms with Crippen molar-refractivity contribution in [2.45, 2.75) is 13.3 Å². The number of pyridine rings is 1. The van der Waals surface area contributed by atoms with E-state index in [1.165, 1.54) is 10.9 Å². The minimum atomic E-state index is 0.519. The second kappa shape index (κ2) is 6.49. The highest BCUT2D eigenvalue weighted by Gasteiger charge is 2.08. The summed E-state index contributed by atoms with van der Waals surface area (Å²) in [7, 11) is 3.39. The van der Waals surface area contributed by atoms with Crippen molar-refractivity contribution >= 4 is 11.0 Å². The standard InChI is InChI=1S/C13H19N3O2/c1-17-7-6-14-8-11-9-16(10-18-2)13-12(11)4-3-5-15-13/h3-5,9,14H,6-8,10H2,1-2H3. The second-order valence-electron chi connectivity index (χ2n) is 4.09. The molecule has 2 aromatic rings. The summed E-state index contributed by atoms with van der Waals surface area (Å²) in [5.74, 6) is 0. The minimum Gasteiger partial charge on any atom is -0.383 e. The molecule has 0 spiro atoms. The molecule has 0 unspecified atom stereocenters. The van der Waals surface area contributed by atoms with Crippen LogP contribution in [0.5, 0.6) is 0 Å². The Morgan fingerprint density at radius 1 is 1.33 bits per heavy atom. The van der Waals surface area contributed by atoms with Crippen LogP contribution in [-0.4, -0.2) is 36.9 Å². The van der Waals surface area contributed by atoms with Gasteiger partial charge in [0.05, 0.1) is 6.61 Å². The van der Waals surface area contributed by atoms with E-state index in [1.807, 2.05) is 10.6 Å². The molecule has 0 aliphatic rings. The molecule has 0 amide bonds. The van der Waals surface area contributed by atoms with Gasteiger partial charge in [0.15, 0.2) is 0 Å². The molecule has 2 heterocycles. The van der Waals surface area contributed by atoms with Crippen LogP contribution in [0.3, 0.4) is 0 Å². The van der Waals surface area contributed by atoms with Gasteiger partial charge in [0.2, 0.25) is 0 Å². The Hall–Kier alpha value is -1.43. The number of nitrogens with zero attached hydrogens (tertiary/aromatic N) is 2. The molecule has 0 saturated carbocycles. The van der Waals surface area contributed by atoms with Gasteiger partial charge in [-0.3, -0.25) is 0 Å². The summed E-state index contributed by atoms with van der Waals surface area (Å²) in [4.78, 5) is 4.40. The monoisotopic (exact) mass is 249 g/mol. The molecule has 0 aromatic carbocycles. The zero-order valence-corrected chi connectivity index (χ0v) is 10.8. The molecule has 5 heteroatoms. The first-order valence-electron chi connectivity index (χ1n) is 5.98. The van der Waals surface area contributed by atoms with Crippen molar-refractivity contribution in [1.29, 1.82) is 0 Å². The van der Waals surface area contributed by atoms with Crippen LogP contribution in [0.1, 0.15) is 5.56 Å². The highest BCUT2D eigenvalue weighted by molar-refractivity contribution is 5.80. The largest absolute Gasteiger partial charge is 0.383 e. The Morgan fingerprint density at radius 3 is 3.00 bits per heavy atom. The molecule has 0 fully saturated rings. The molecule has 2 aromatic heterocycles. The topological polar surface area (TPSA) is 48.3 Å². The van der Waals surface area contributed by atoms with Crippen LogP contribution in [-0.2, 0) is 22.7 Å². The van der Waals surface area contributed by atoms with Crippen LogP contribution >= 0.6 is 0 Å². The maximum absolute atomic E-state index is 5.17. The third-order valence-corrected chi connectivity index (χ3v) is 2.78. The van der Waals surface area contributed by atoms with Crippen molar-refractivity contribution in [3.63, 3.8) is 0 Å². The van der Waals surface area contributed by atoms with Gasteiger partial charge in [-0.2, -0.15) is 0 Å². The lowest BCUT2D eigenvalue weighted by atomic mass is 10.2. The van der Waals surface area contributed by atoms with Gasteiger partial charge in [-0.1, -0.05) is 0 Å². The fraction of sp³-hybridized carbons (Fsp3) is 0.462. The van der Waals surface area contributed by atoms with Crippen LogP contribution in [0, 0.1) is 0 Å². The average Bonchev–Trinajstić information content (AvgIpc) is 2.74. The third kappa shape index (κ3) is 2.87. The number of rotatable bonds is 7. The fourth-order valence-corrected chi connectivity index (χ4v) is 1.97. The predicted octanol–water partition coefficient (Wildman–Crippen LogP) is 1.38. The summed E-state index contributed by atoms with van der Waals surface area (Å²) in [6.45, 7) is 2.89. The maximum atomic E-state index is 5.17. The highest BCUT2D eigenvalue weighted by Crippen LogP contribution is 2.19. The van der Waals surface area contributed by atoms with Crippen molar-refractivity contribution in [1.82, 2.24) is 14.9 Å². The Morgan fingerprint density at radius 2 is 2.22 bits per heavy atom. The maximum Gasteiger partial charge on any atom is 0.142 e. The number of aromatic nitrogens is 2. The lowest BCUT2D eigenvalue weighted by molar-refractivity contribution is 0.134. The number of fused-ring (bicyclic) bond motifs is 1. The number of hydrogen-bond acceptors (Lipinski definition) is 4. The van der Waals surface area contributed by atoms with Crippen LogP contribution in [0.4, 0.5) is 0 Å². The van der Waals surface area contributed by atoms with Crippen molar-refractivity contribution in [2.75, 3.05) is 27.4 Å². The quantitative estimate of drug-likeness (QED) is 0.753. The molecule has 0 aliphatic heterocycles. The van der Waals surface area contributed by atoms with Gasteiger partial charge >= 0.3 is 0 Å². The fourth-order valence-electron chi connectivity index (χ4n) is 1.97. The molecule has 98 valence electrons. The van der Waals surface area contributed by atoms with E-state index in [1.54, 1.807) is 20.4 Å². The minimum absolute atomic E-state index is 0.519. The normalized spacial score (nSPS) is 11.2. The molecule has 0 radical (unpaired) electrons. The second-order valence-corrected chi connectivity index (χ2v) is 4.09. The third-order valence-electron chi connectivity index (χ3n) is 2.78. The van der Waals surface area contributed by atoms with E-state index in [9.17, 15) is 0 Å². The van der Waals surface area contributed by atoms with E-state index in [0.717, 1.165) is 25.3 Å². The van der Waals surface area contributed by atoms with E-state index in [2.05, 4.69) is 22.6 Å². The van der Waals surface area contributed by atoms with Crippen LogP contribution in [0.25, 0.3) is 11.0 Å². The van der Waals surface area contributed by atoms with E-state index in [4.69, 9.17) is 9.47 Å². The molecule has 18 heavy (non-hydrogen) atoms. The molecular weight excluding hydrogens is 230 g/mol. The molecule has 0 aliphatic carbocycles. The lowest BCUT2D eigenvalue weighted by Crippen LogP contribution is -2.18. The van der Waals surface area contributed by atoms with Crippen molar-refractivity contribution in [3.05, 3.63) is 30.1 Å². The summed E-state index contributed by atoms with van der Waals surface area (Å²) in [6.07, 6.45) is 3.89. The van der Waals surface area contributed by atoms with Crippen molar-refractivity contribution in [2.24, 2.45) is 0 Å². The Bertz CT molecular complexity index is 496. The molecule has 0 bridgehead atoms. The Balaban J connectivity index is 2.16. The summed E-state index contributed by atoms with van der Waals surface area (Å²) in [6, 6.07) is 4.04. The van der Waals surface area contributed by atoms with Gasteiger partial charge in [0.25, 0.3) is 0 Å². The molecule has 0 saturated heterocycles. The van der Waals surface area contributed by atoms with Gasteiger partial charge in [-0.25, -0.2) is 4.98 Å². The number of nitrogens with one attached hydrogen (secondary N) is 1. The van der Waals surface area contributed by atoms with Crippen LogP contribution < -0.4 is 5.32 Å². The smallest absolute Gasteiger partial charge is 0.142 e. The first-order chi connectivity index (χ1) is 8.86. The van der Waals surface area contributed by atoms with E-state index in [-0.39, 0.29) is 0 Å². The van der Waals surface area contributed by atoms with Crippen molar-refractivity contribution < 1.29 is 9.47 Å². The molecule has 1 N–H and O–H groups in total. The summed E-state index contributed by atoms with van der Waals surface area (Å²) in [5, 5.41) is 4.51.